The fourth-order valence-electron chi connectivity index (χ4n) is 3.07. The molecule has 3 heterocycles. The SMILES string of the molecule is CC(=O)c1c2c(n3cccc(F)c13)C(=O)c1cccnc1C2=O. The summed E-state index contributed by atoms with van der Waals surface area (Å²) in [6.45, 7) is 1.24. The quantitative estimate of drug-likeness (QED) is 0.507. The topological polar surface area (TPSA) is 68.5 Å². The van der Waals surface area contributed by atoms with E-state index in [-0.39, 0.29) is 33.6 Å². The molecule has 0 saturated heterocycles. The van der Waals surface area contributed by atoms with E-state index in [9.17, 15) is 18.8 Å². The second kappa shape index (κ2) is 4.42. The average molecular weight is 308 g/mol. The number of carbonyl (C=O) groups excluding carboxylic acids is 3. The molecule has 0 spiro atoms. The minimum absolute atomic E-state index is 0.00944. The molecule has 3 aromatic heterocycles. The van der Waals surface area contributed by atoms with Crippen LogP contribution in [0, 0.1) is 5.82 Å². The predicted molar refractivity (Wildman–Crippen MR) is 78.5 cm³/mol. The smallest absolute Gasteiger partial charge is 0.215 e. The molecule has 3 aromatic rings. The Morgan fingerprint density at radius 3 is 2.70 bits per heavy atom. The number of Topliss-reactive ketones (excluding diaryl/α,β-unsaturated/α-hetero) is 1. The minimum Gasteiger partial charge on any atom is -0.310 e. The molecule has 0 fully saturated rings. The Balaban J connectivity index is 2.23. The Morgan fingerprint density at radius 2 is 1.96 bits per heavy atom. The van der Waals surface area contributed by atoms with E-state index in [1.165, 1.54) is 41.9 Å². The first kappa shape index (κ1) is 13.5. The van der Waals surface area contributed by atoms with E-state index in [0.717, 1.165) is 0 Å². The summed E-state index contributed by atoms with van der Waals surface area (Å²) >= 11 is 0. The van der Waals surface area contributed by atoms with Crippen LogP contribution >= 0.6 is 0 Å². The number of hydrogen-bond donors (Lipinski definition) is 0. The average Bonchev–Trinajstić information content (AvgIpc) is 2.90. The first-order valence-electron chi connectivity index (χ1n) is 6.90. The third-order valence-corrected chi connectivity index (χ3v) is 3.97. The van der Waals surface area contributed by atoms with Crippen molar-refractivity contribution in [3.63, 3.8) is 0 Å². The molecule has 6 heteroatoms. The third kappa shape index (κ3) is 1.60. The van der Waals surface area contributed by atoms with Gasteiger partial charge in [0, 0.05) is 12.4 Å². The van der Waals surface area contributed by atoms with Crippen molar-refractivity contribution in [2.75, 3.05) is 0 Å². The highest BCUT2D eigenvalue weighted by atomic mass is 19.1. The van der Waals surface area contributed by atoms with Crippen LogP contribution in [0.4, 0.5) is 4.39 Å². The summed E-state index contributed by atoms with van der Waals surface area (Å²) in [5.41, 5.74) is -0.0474. The summed E-state index contributed by atoms with van der Waals surface area (Å²) in [4.78, 5) is 41.5. The first-order valence-corrected chi connectivity index (χ1v) is 6.90. The Kier molecular flexibility index (Phi) is 2.60. The van der Waals surface area contributed by atoms with Gasteiger partial charge in [0.15, 0.2) is 5.78 Å². The van der Waals surface area contributed by atoms with Gasteiger partial charge in [-0.1, -0.05) is 0 Å². The van der Waals surface area contributed by atoms with Gasteiger partial charge in [0.25, 0.3) is 0 Å². The molecule has 0 N–H and O–H groups in total. The fourth-order valence-corrected chi connectivity index (χ4v) is 3.07. The van der Waals surface area contributed by atoms with Crippen molar-refractivity contribution in [2.45, 2.75) is 6.92 Å². The van der Waals surface area contributed by atoms with Crippen molar-refractivity contribution in [2.24, 2.45) is 0 Å². The van der Waals surface area contributed by atoms with Gasteiger partial charge in [-0.3, -0.25) is 19.4 Å². The van der Waals surface area contributed by atoms with Crippen molar-refractivity contribution in [1.29, 1.82) is 0 Å². The van der Waals surface area contributed by atoms with Crippen LogP contribution in [0.15, 0.2) is 36.7 Å². The minimum atomic E-state index is -0.662. The number of carbonyl (C=O) groups is 3. The van der Waals surface area contributed by atoms with Crippen molar-refractivity contribution in [3.8, 4) is 0 Å². The zero-order chi connectivity index (χ0) is 16.3. The lowest BCUT2D eigenvalue weighted by Crippen LogP contribution is -2.23. The van der Waals surface area contributed by atoms with Crippen LogP contribution in [-0.4, -0.2) is 26.7 Å². The van der Waals surface area contributed by atoms with Crippen LogP contribution in [-0.2, 0) is 0 Å². The Hall–Kier alpha value is -3.15. The van der Waals surface area contributed by atoms with E-state index in [1.807, 2.05) is 0 Å². The van der Waals surface area contributed by atoms with E-state index in [1.54, 1.807) is 6.07 Å². The number of rotatable bonds is 1. The molecule has 1 aliphatic carbocycles. The van der Waals surface area contributed by atoms with Crippen LogP contribution in [0.1, 0.15) is 49.4 Å². The van der Waals surface area contributed by atoms with Crippen LogP contribution in [0.2, 0.25) is 0 Å². The van der Waals surface area contributed by atoms with Crippen LogP contribution < -0.4 is 0 Å². The van der Waals surface area contributed by atoms with E-state index in [4.69, 9.17) is 0 Å². The van der Waals surface area contributed by atoms with Gasteiger partial charge in [-0.2, -0.15) is 0 Å². The molecule has 5 nitrogen and oxygen atoms in total. The molecular formula is C17H9FN2O3. The van der Waals surface area contributed by atoms with Gasteiger partial charge in [-0.25, -0.2) is 4.39 Å². The number of ketones is 3. The predicted octanol–water partition coefficient (Wildman–Crippen LogP) is 2.45. The van der Waals surface area contributed by atoms with E-state index in [0.29, 0.717) is 0 Å². The lowest BCUT2D eigenvalue weighted by Gasteiger charge is -2.14. The molecule has 112 valence electrons. The monoisotopic (exact) mass is 308 g/mol. The van der Waals surface area contributed by atoms with Gasteiger partial charge in [0.2, 0.25) is 11.6 Å². The molecule has 0 amide bonds. The Labute approximate surface area is 129 Å². The molecule has 4 rings (SSSR count). The highest BCUT2D eigenvalue weighted by molar-refractivity contribution is 6.31. The molecule has 1 aliphatic rings. The number of pyridine rings is 2. The van der Waals surface area contributed by atoms with Crippen LogP contribution in [0.3, 0.4) is 0 Å². The summed E-state index contributed by atoms with van der Waals surface area (Å²) < 4.78 is 15.5. The lowest BCUT2D eigenvalue weighted by atomic mass is 9.89. The summed E-state index contributed by atoms with van der Waals surface area (Å²) in [7, 11) is 0. The van der Waals surface area contributed by atoms with Crippen molar-refractivity contribution in [1.82, 2.24) is 9.38 Å². The van der Waals surface area contributed by atoms with E-state index < -0.39 is 23.2 Å². The first-order chi connectivity index (χ1) is 11.0. The molecule has 0 aliphatic heterocycles. The van der Waals surface area contributed by atoms with E-state index >= 15 is 0 Å². The highest BCUT2D eigenvalue weighted by Crippen LogP contribution is 2.34. The number of nitrogens with zero attached hydrogens (tertiary/aromatic N) is 2. The Morgan fingerprint density at radius 1 is 1.17 bits per heavy atom. The van der Waals surface area contributed by atoms with Gasteiger partial charge in [-0.05, 0) is 31.2 Å². The molecular weight excluding hydrogens is 299 g/mol. The summed E-state index contributed by atoms with van der Waals surface area (Å²) in [6.07, 6.45) is 2.87. The maximum absolute atomic E-state index is 14.3. The number of hydrogen-bond acceptors (Lipinski definition) is 4. The maximum Gasteiger partial charge on any atom is 0.215 e. The zero-order valence-corrected chi connectivity index (χ0v) is 12.0. The van der Waals surface area contributed by atoms with Gasteiger partial charge >= 0.3 is 0 Å². The molecule has 0 bridgehead atoms. The Bertz CT molecular complexity index is 1050. The molecule has 23 heavy (non-hydrogen) atoms. The van der Waals surface area contributed by atoms with Gasteiger partial charge in [0.1, 0.15) is 17.2 Å². The lowest BCUT2D eigenvalue weighted by molar-refractivity contribution is 0.0964. The summed E-state index contributed by atoms with van der Waals surface area (Å²) in [6, 6.07) is 5.66. The highest BCUT2D eigenvalue weighted by Gasteiger charge is 2.38. The normalized spacial score (nSPS) is 13.1. The second-order valence-electron chi connectivity index (χ2n) is 5.29. The largest absolute Gasteiger partial charge is 0.310 e. The summed E-state index contributed by atoms with van der Waals surface area (Å²) in [5, 5.41) is 0. The number of aromatic nitrogens is 2. The fraction of sp³-hybridized carbons (Fsp3) is 0.0588. The van der Waals surface area contributed by atoms with Gasteiger partial charge in [0.05, 0.1) is 22.2 Å². The van der Waals surface area contributed by atoms with Gasteiger partial charge < -0.3 is 4.40 Å². The molecule has 0 radical (unpaired) electrons. The van der Waals surface area contributed by atoms with E-state index in [2.05, 4.69) is 4.98 Å². The van der Waals surface area contributed by atoms with Crippen LogP contribution in [0.25, 0.3) is 5.52 Å². The molecule has 0 unspecified atom stereocenters. The number of fused-ring (bicyclic) bond motifs is 4. The number of halogens is 1. The third-order valence-electron chi connectivity index (χ3n) is 3.97. The molecule has 0 aromatic carbocycles. The summed E-state index contributed by atoms with van der Waals surface area (Å²) in [5.74, 6) is -2.13. The van der Waals surface area contributed by atoms with Crippen molar-refractivity contribution in [3.05, 3.63) is 70.6 Å². The molecule has 0 atom stereocenters. The van der Waals surface area contributed by atoms with Crippen LogP contribution in [0.5, 0.6) is 0 Å². The standard InChI is InChI=1S/C17H9FN2O3/c1-8(21)11-12-15(20-7-3-5-10(18)14(11)20)16(22)9-4-2-6-19-13(9)17(12)23/h2-7H,1H3. The van der Waals surface area contributed by atoms with Crippen molar-refractivity contribution >= 4 is 22.9 Å². The maximum atomic E-state index is 14.3. The zero-order valence-electron chi connectivity index (χ0n) is 12.0. The van der Waals surface area contributed by atoms with Crippen molar-refractivity contribution < 1.29 is 18.8 Å². The molecule has 0 saturated carbocycles. The van der Waals surface area contributed by atoms with Gasteiger partial charge in [-0.15, -0.1) is 0 Å². The second-order valence-corrected chi connectivity index (χ2v) is 5.29.